The standard InChI is InChI=1S/C14H16Cl3N5OS/c1-14(2,3)12-20-21-13(22(12)18)24-6-10(23)19-11-8(16)4-7(15)5-9(11)17/h4-5H,6,18H2,1-3H3,(H,19,23). The number of halogens is 3. The van der Waals surface area contributed by atoms with Gasteiger partial charge in [-0.05, 0) is 12.1 Å². The van der Waals surface area contributed by atoms with E-state index >= 15 is 0 Å². The van der Waals surface area contributed by atoms with Crippen molar-refractivity contribution in [2.24, 2.45) is 0 Å². The second-order valence-electron chi connectivity index (χ2n) is 6.01. The summed E-state index contributed by atoms with van der Waals surface area (Å²) in [5.41, 5.74) is 0.0746. The van der Waals surface area contributed by atoms with Crippen LogP contribution in [0.25, 0.3) is 0 Å². The van der Waals surface area contributed by atoms with E-state index in [1.54, 1.807) is 0 Å². The Hall–Kier alpha value is -1.15. The molecule has 0 fully saturated rings. The molecule has 0 radical (unpaired) electrons. The van der Waals surface area contributed by atoms with E-state index in [1.807, 2.05) is 20.8 Å². The molecule has 1 aromatic carbocycles. The van der Waals surface area contributed by atoms with Gasteiger partial charge in [0.2, 0.25) is 11.1 Å². The van der Waals surface area contributed by atoms with Crippen LogP contribution in [0.5, 0.6) is 0 Å². The zero-order valence-corrected chi connectivity index (χ0v) is 16.3. The van der Waals surface area contributed by atoms with Crippen LogP contribution < -0.4 is 11.2 Å². The van der Waals surface area contributed by atoms with Crippen LogP contribution in [-0.4, -0.2) is 26.5 Å². The zero-order chi connectivity index (χ0) is 18.1. The van der Waals surface area contributed by atoms with Crippen LogP contribution >= 0.6 is 46.6 Å². The van der Waals surface area contributed by atoms with Crippen LogP contribution in [0, 0.1) is 0 Å². The third kappa shape index (κ3) is 4.47. The Morgan fingerprint density at radius 2 is 1.83 bits per heavy atom. The van der Waals surface area contributed by atoms with Gasteiger partial charge in [-0.1, -0.05) is 67.3 Å². The minimum atomic E-state index is -0.300. The first-order chi connectivity index (χ1) is 11.1. The maximum atomic E-state index is 12.1. The molecule has 6 nitrogen and oxygen atoms in total. The van der Waals surface area contributed by atoms with E-state index in [4.69, 9.17) is 40.6 Å². The topological polar surface area (TPSA) is 85.8 Å². The van der Waals surface area contributed by atoms with Gasteiger partial charge in [0.15, 0.2) is 5.82 Å². The number of carbonyl (C=O) groups excluding carboxylic acids is 1. The predicted octanol–water partition coefficient (Wildman–Crippen LogP) is 3.98. The third-order valence-electron chi connectivity index (χ3n) is 2.94. The molecular weight excluding hydrogens is 393 g/mol. The number of amides is 1. The lowest BCUT2D eigenvalue weighted by Gasteiger charge is -2.16. The van der Waals surface area contributed by atoms with Crippen molar-refractivity contribution in [3.8, 4) is 0 Å². The molecule has 0 atom stereocenters. The van der Waals surface area contributed by atoms with Crippen molar-refractivity contribution >= 4 is 58.2 Å². The highest BCUT2D eigenvalue weighted by Crippen LogP contribution is 2.33. The Labute approximate surface area is 159 Å². The number of carbonyl (C=O) groups is 1. The minimum Gasteiger partial charge on any atom is -0.336 e. The molecule has 3 N–H and O–H groups in total. The third-order valence-corrected chi connectivity index (χ3v) is 4.70. The van der Waals surface area contributed by atoms with Gasteiger partial charge in [-0.25, -0.2) is 4.68 Å². The molecule has 1 amide bonds. The number of aromatic nitrogens is 3. The molecule has 1 heterocycles. The SMILES string of the molecule is CC(C)(C)c1nnc(SCC(=O)Nc2c(Cl)cc(Cl)cc2Cl)n1N. The van der Waals surface area contributed by atoms with Crippen molar-refractivity contribution in [3.05, 3.63) is 33.0 Å². The normalized spacial score (nSPS) is 11.6. The molecule has 0 unspecified atom stereocenters. The van der Waals surface area contributed by atoms with Gasteiger partial charge >= 0.3 is 0 Å². The number of rotatable bonds is 4. The summed E-state index contributed by atoms with van der Waals surface area (Å²) in [4.78, 5) is 12.1. The summed E-state index contributed by atoms with van der Waals surface area (Å²) in [5, 5.41) is 12.1. The quantitative estimate of drug-likeness (QED) is 0.590. The Bertz CT molecular complexity index is 749. The zero-order valence-electron chi connectivity index (χ0n) is 13.2. The summed E-state index contributed by atoms with van der Waals surface area (Å²) in [6, 6.07) is 3.01. The Morgan fingerprint density at radius 1 is 1.25 bits per heavy atom. The van der Waals surface area contributed by atoms with Crippen molar-refractivity contribution in [1.82, 2.24) is 14.9 Å². The number of nitrogen functional groups attached to an aromatic ring is 1. The van der Waals surface area contributed by atoms with E-state index in [9.17, 15) is 4.79 Å². The molecule has 0 aliphatic heterocycles. The summed E-state index contributed by atoms with van der Waals surface area (Å²) in [7, 11) is 0. The number of benzene rings is 1. The van der Waals surface area contributed by atoms with Crippen molar-refractivity contribution in [2.75, 3.05) is 16.9 Å². The summed E-state index contributed by atoms with van der Waals surface area (Å²) >= 11 is 19.1. The predicted molar refractivity (Wildman–Crippen MR) is 99.7 cm³/mol. The number of nitrogens with two attached hydrogens (primary N) is 1. The van der Waals surface area contributed by atoms with Crippen molar-refractivity contribution in [1.29, 1.82) is 0 Å². The van der Waals surface area contributed by atoms with E-state index in [2.05, 4.69) is 15.5 Å². The Kier molecular flexibility index (Phi) is 5.91. The van der Waals surface area contributed by atoms with E-state index in [0.717, 1.165) is 0 Å². The van der Waals surface area contributed by atoms with Crippen LogP contribution in [0.4, 0.5) is 5.69 Å². The second kappa shape index (κ2) is 7.39. The first-order valence-corrected chi connectivity index (χ1v) is 8.99. The maximum absolute atomic E-state index is 12.1. The van der Waals surface area contributed by atoms with Gasteiger partial charge in [0.25, 0.3) is 0 Å². The van der Waals surface area contributed by atoms with E-state index in [-0.39, 0.29) is 27.1 Å². The van der Waals surface area contributed by atoms with Gasteiger partial charge in [0.1, 0.15) is 0 Å². The van der Waals surface area contributed by atoms with E-state index < -0.39 is 0 Å². The monoisotopic (exact) mass is 407 g/mol. The van der Waals surface area contributed by atoms with Gasteiger partial charge in [-0.2, -0.15) is 0 Å². The molecular formula is C14H16Cl3N5OS. The summed E-state index contributed by atoms with van der Waals surface area (Å²) in [6.45, 7) is 5.93. The molecule has 0 saturated carbocycles. The van der Waals surface area contributed by atoms with Crippen LogP contribution in [-0.2, 0) is 10.2 Å². The van der Waals surface area contributed by atoms with Crippen LogP contribution in [0.15, 0.2) is 17.3 Å². The van der Waals surface area contributed by atoms with E-state index in [1.165, 1.54) is 28.6 Å². The Balaban J connectivity index is 2.04. The van der Waals surface area contributed by atoms with Gasteiger partial charge in [-0.3, -0.25) is 4.79 Å². The minimum absolute atomic E-state index is 0.0781. The summed E-state index contributed by atoms with van der Waals surface area (Å²) in [5.74, 6) is 6.39. The average Bonchev–Trinajstić information content (AvgIpc) is 2.81. The number of hydrogen-bond donors (Lipinski definition) is 2. The fourth-order valence-corrected chi connectivity index (χ4v) is 3.42. The van der Waals surface area contributed by atoms with Gasteiger partial charge < -0.3 is 11.2 Å². The highest BCUT2D eigenvalue weighted by atomic mass is 35.5. The van der Waals surface area contributed by atoms with Crippen molar-refractivity contribution in [2.45, 2.75) is 31.3 Å². The average molecular weight is 409 g/mol. The molecule has 0 aliphatic carbocycles. The molecule has 24 heavy (non-hydrogen) atoms. The molecule has 2 rings (SSSR count). The summed E-state index contributed by atoms with van der Waals surface area (Å²) in [6.07, 6.45) is 0. The lowest BCUT2D eigenvalue weighted by Crippen LogP contribution is -2.24. The van der Waals surface area contributed by atoms with Crippen LogP contribution in [0.2, 0.25) is 15.1 Å². The number of hydrogen-bond acceptors (Lipinski definition) is 5. The first-order valence-electron chi connectivity index (χ1n) is 6.87. The van der Waals surface area contributed by atoms with Gasteiger partial charge in [-0.15, -0.1) is 10.2 Å². The van der Waals surface area contributed by atoms with Crippen LogP contribution in [0.1, 0.15) is 26.6 Å². The number of nitrogens with one attached hydrogen (secondary N) is 1. The smallest absolute Gasteiger partial charge is 0.234 e. The fourth-order valence-electron chi connectivity index (χ4n) is 1.85. The molecule has 0 saturated heterocycles. The fraction of sp³-hybridized carbons (Fsp3) is 0.357. The molecule has 1 aromatic heterocycles. The van der Waals surface area contributed by atoms with E-state index in [0.29, 0.717) is 21.7 Å². The molecule has 0 spiro atoms. The maximum Gasteiger partial charge on any atom is 0.234 e. The Morgan fingerprint density at radius 3 is 2.33 bits per heavy atom. The largest absolute Gasteiger partial charge is 0.336 e. The van der Waals surface area contributed by atoms with Crippen molar-refractivity contribution < 1.29 is 4.79 Å². The van der Waals surface area contributed by atoms with Gasteiger partial charge in [0.05, 0.1) is 21.5 Å². The molecule has 10 heteroatoms. The number of thioether (sulfide) groups is 1. The molecule has 130 valence electrons. The molecule has 0 bridgehead atoms. The van der Waals surface area contributed by atoms with Crippen molar-refractivity contribution in [3.63, 3.8) is 0 Å². The van der Waals surface area contributed by atoms with Gasteiger partial charge in [0, 0.05) is 10.4 Å². The lowest BCUT2D eigenvalue weighted by molar-refractivity contribution is -0.113. The van der Waals surface area contributed by atoms with Crippen LogP contribution in [0.3, 0.4) is 0 Å². The highest BCUT2D eigenvalue weighted by Gasteiger charge is 2.23. The highest BCUT2D eigenvalue weighted by molar-refractivity contribution is 7.99. The molecule has 0 aliphatic rings. The molecule has 2 aromatic rings. The second-order valence-corrected chi connectivity index (χ2v) is 8.20. The summed E-state index contributed by atoms with van der Waals surface area (Å²) < 4.78 is 1.39. The number of anilines is 1. The number of nitrogens with zero attached hydrogens (tertiary/aromatic N) is 3. The lowest BCUT2D eigenvalue weighted by atomic mass is 9.96. The first kappa shape index (κ1) is 19.2.